The molecule has 0 aliphatic carbocycles. The zero-order valence-corrected chi connectivity index (χ0v) is 22.4. The van der Waals surface area contributed by atoms with Gasteiger partial charge in [0.15, 0.2) is 5.82 Å². The summed E-state index contributed by atoms with van der Waals surface area (Å²) < 4.78 is 5.48. The molecule has 2 aliphatic heterocycles. The van der Waals surface area contributed by atoms with Gasteiger partial charge in [-0.05, 0) is 43.3 Å². The average Bonchev–Trinajstić information content (AvgIpc) is 2.94. The van der Waals surface area contributed by atoms with E-state index in [4.69, 9.17) is 4.74 Å². The van der Waals surface area contributed by atoms with Gasteiger partial charge in [-0.1, -0.05) is 35.7 Å². The molecule has 38 heavy (non-hydrogen) atoms. The Morgan fingerprint density at radius 3 is 2.76 bits per heavy atom. The van der Waals surface area contributed by atoms with Crippen LogP contribution in [0.15, 0.2) is 85.2 Å². The monoisotopic (exact) mass is 545 g/mol. The molecule has 6 rings (SSSR count). The summed E-state index contributed by atoms with van der Waals surface area (Å²) in [7, 11) is 0. The molecule has 2 aliphatic rings. The predicted octanol–water partition coefficient (Wildman–Crippen LogP) is 4.74. The van der Waals surface area contributed by atoms with Crippen molar-refractivity contribution < 1.29 is 9.84 Å². The largest absolute Gasteiger partial charge is 0.394 e. The third-order valence-electron chi connectivity index (χ3n) is 6.50. The second-order valence-corrected chi connectivity index (χ2v) is 11.3. The molecule has 1 atom stereocenters. The van der Waals surface area contributed by atoms with E-state index in [0.717, 1.165) is 61.0 Å². The van der Waals surface area contributed by atoms with Crippen LogP contribution in [0.1, 0.15) is 17.6 Å². The molecule has 4 aromatic rings. The summed E-state index contributed by atoms with van der Waals surface area (Å²) in [6.45, 7) is 4.68. The van der Waals surface area contributed by atoms with E-state index in [2.05, 4.69) is 55.5 Å². The third kappa shape index (κ3) is 5.17. The van der Waals surface area contributed by atoms with Crippen LogP contribution in [-0.2, 0) is 4.74 Å². The number of nitrogens with one attached hydrogen (secondary N) is 2. The van der Waals surface area contributed by atoms with E-state index in [9.17, 15) is 9.90 Å². The summed E-state index contributed by atoms with van der Waals surface area (Å²) in [4.78, 5) is 31.2. The summed E-state index contributed by atoms with van der Waals surface area (Å²) in [5.41, 5.74) is 4.39. The number of H-pyrrole nitrogens is 1. The molecule has 0 bridgehead atoms. The molecular weight excluding hydrogens is 518 g/mol. The van der Waals surface area contributed by atoms with E-state index in [1.54, 1.807) is 35.8 Å². The van der Waals surface area contributed by atoms with Gasteiger partial charge in [-0.25, -0.2) is 9.97 Å². The minimum atomic E-state index is -0.399. The maximum absolute atomic E-state index is 12.6. The fraction of sp³-hybridized carbons (Fsp3) is 0.250. The summed E-state index contributed by atoms with van der Waals surface area (Å²) in [5.74, 6) is 0.565. The number of hydrogen-bond donors (Lipinski definition) is 3. The molecule has 0 saturated carbocycles. The van der Waals surface area contributed by atoms with Gasteiger partial charge < -0.3 is 25.0 Å². The van der Waals surface area contributed by atoms with Crippen LogP contribution in [0.4, 0.5) is 11.4 Å². The smallest absolute Gasteiger partial charge is 0.250 e. The van der Waals surface area contributed by atoms with Gasteiger partial charge in [-0.15, -0.1) is 0 Å². The van der Waals surface area contributed by atoms with Crippen LogP contribution in [0.25, 0.3) is 11.3 Å². The number of hydrogen-bond acceptors (Lipinski definition) is 9. The topological polar surface area (TPSA) is 103 Å². The molecule has 2 aromatic heterocycles. The van der Waals surface area contributed by atoms with Crippen molar-refractivity contribution in [1.29, 1.82) is 0 Å². The molecule has 1 saturated heterocycles. The zero-order chi connectivity index (χ0) is 26.1. The molecular formula is C28H27N5O3S2. The molecule has 0 radical (unpaired) electrons. The summed E-state index contributed by atoms with van der Waals surface area (Å²) in [6.07, 6.45) is 1.71. The number of benzene rings is 2. The van der Waals surface area contributed by atoms with E-state index >= 15 is 0 Å². The fourth-order valence-corrected chi connectivity index (χ4v) is 7.02. The first-order valence-corrected chi connectivity index (χ1v) is 14.1. The fourth-order valence-electron chi connectivity index (χ4n) is 4.61. The predicted molar refractivity (Wildman–Crippen MR) is 150 cm³/mol. The highest BCUT2D eigenvalue weighted by atomic mass is 32.2. The molecule has 4 heterocycles. The van der Waals surface area contributed by atoms with Gasteiger partial charge in [0.2, 0.25) is 5.56 Å². The lowest BCUT2D eigenvalue weighted by Crippen LogP contribution is -2.36. The van der Waals surface area contributed by atoms with E-state index in [1.807, 2.05) is 25.1 Å². The van der Waals surface area contributed by atoms with Gasteiger partial charge in [0.05, 0.1) is 25.5 Å². The number of aromatic nitrogens is 3. The number of pyridine rings is 1. The Bertz CT molecular complexity index is 1540. The van der Waals surface area contributed by atoms with Gasteiger partial charge in [0, 0.05) is 67.6 Å². The van der Waals surface area contributed by atoms with Crippen molar-refractivity contribution in [1.82, 2.24) is 15.0 Å². The van der Waals surface area contributed by atoms with Crippen molar-refractivity contribution >= 4 is 34.9 Å². The lowest BCUT2D eigenvalue weighted by molar-refractivity contribution is 0.122. The number of nitrogens with zero attached hydrogens (tertiary/aromatic N) is 3. The van der Waals surface area contributed by atoms with Crippen LogP contribution >= 0.6 is 23.5 Å². The molecule has 194 valence electrons. The Balaban J connectivity index is 1.28. The SMILES string of the molecule is Cc1ccnc(C(CO)Nc2ccc3c(c2)Sc2cccc(-c4cc(N5CCOCC5)cc(=O)[nH]4)c2S3)n1. The quantitative estimate of drug-likeness (QED) is 0.279. The Hall–Kier alpha value is -3.31. The number of aromatic amines is 1. The molecule has 1 unspecified atom stereocenters. The highest BCUT2D eigenvalue weighted by Gasteiger charge is 2.23. The Kier molecular flexibility index (Phi) is 7.12. The maximum atomic E-state index is 12.6. The van der Waals surface area contributed by atoms with Gasteiger partial charge in [-0.3, -0.25) is 4.79 Å². The number of aryl methyl sites for hydroxylation is 1. The third-order valence-corrected chi connectivity index (χ3v) is 9.09. The van der Waals surface area contributed by atoms with Gasteiger partial charge in [-0.2, -0.15) is 0 Å². The summed E-state index contributed by atoms with van der Waals surface area (Å²) in [5, 5.41) is 13.4. The van der Waals surface area contributed by atoms with E-state index in [1.165, 1.54) is 0 Å². The van der Waals surface area contributed by atoms with Crippen molar-refractivity contribution in [3.8, 4) is 11.3 Å². The lowest BCUT2D eigenvalue weighted by Gasteiger charge is -2.29. The van der Waals surface area contributed by atoms with Crippen LogP contribution in [-0.4, -0.2) is 53.0 Å². The summed E-state index contributed by atoms with van der Waals surface area (Å²) >= 11 is 3.41. The van der Waals surface area contributed by atoms with Crippen molar-refractivity contribution in [2.24, 2.45) is 0 Å². The number of rotatable bonds is 6. The van der Waals surface area contributed by atoms with E-state index in [0.29, 0.717) is 19.0 Å². The Morgan fingerprint density at radius 2 is 1.95 bits per heavy atom. The van der Waals surface area contributed by atoms with E-state index < -0.39 is 6.04 Å². The molecule has 0 spiro atoms. The first kappa shape index (κ1) is 25.0. The van der Waals surface area contributed by atoms with Gasteiger partial charge >= 0.3 is 0 Å². The standard InChI is InChI=1S/C28H27N5O3S2/c1-17-7-8-29-28(30-17)22(16-34)31-18-5-6-23-25(13-18)37-24-4-2-3-20(27(24)38-23)21-14-19(15-26(35)32-21)33-9-11-36-12-10-33/h2-8,13-15,22,31,34H,9-12,16H2,1H3,(H,32,35). The highest BCUT2D eigenvalue weighted by molar-refractivity contribution is 8.05. The van der Waals surface area contributed by atoms with Crippen molar-refractivity contribution in [3.05, 3.63) is 82.7 Å². The number of ether oxygens (including phenoxy) is 1. The molecule has 3 N–H and O–H groups in total. The molecule has 8 nitrogen and oxygen atoms in total. The van der Waals surface area contributed by atoms with Gasteiger partial charge in [0.1, 0.15) is 6.04 Å². The highest BCUT2D eigenvalue weighted by Crippen LogP contribution is 2.52. The number of aliphatic hydroxyl groups is 1. The van der Waals surface area contributed by atoms with Crippen LogP contribution in [0.5, 0.6) is 0 Å². The van der Waals surface area contributed by atoms with Crippen LogP contribution in [0.3, 0.4) is 0 Å². The van der Waals surface area contributed by atoms with Crippen molar-refractivity contribution in [2.45, 2.75) is 32.5 Å². The summed E-state index contributed by atoms with van der Waals surface area (Å²) in [6, 6.07) is 17.6. The first-order valence-electron chi connectivity index (χ1n) is 12.4. The Labute approximate surface area is 228 Å². The Morgan fingerprint density at radius 1 is 1.08 bits per heavy atom. The minimum absolute atomic E-state index is 0.109. The van der Waals surface area contributed by atoms with Gasteiger partial charge in [0.25, 0.3) is 0 Å². The maximum Gasteiger partial charge on any atom is 0.250 e. The number of anilines is 2. The van der Waals surface area contributed by atoms with Crippen LogP contribution < -0.4 is 15.8 Å². The number of aliphatic hydroxyl groups excluding tert-OH is 1. The van der Waals surface area contributed by atoms with Crippen molar-refractivity contribution in [2.75, 3.05) is 43.1 Å². The normalized spacial score (nSPS) is 15.5. The number of fused-ring (bicyclic) bond motifs is 2. The average molecular weight is 546 g/mol. The zero-order valence-electron chi connectivity index (χ0n) is 20.8. The van der Waals surface area contributed by atoms with Crippen LogP contribution in [0, 0.1) is 6.92 Å². The molecule has 10 heteroatoms. The molecule has 2 aromatic carbocycles. The second-order valence-electron chi connectivity index (χ2n) is 9.15. The number of morpholine rings is 1. The van der Waals surface area contributed by atoms with Crippen molar-refractivity contribution in [3.63, 3.8) is 0 Å². The van der Waals surface area contributed by atoms with E-state index in [-0.39, 0.29) is 12.2 Å². The molecule has 0 amide bonds. The van der Waals surface area contributed by atoms with Crippen LogP contribution in [0.2, 0.25) is 0 Å². The molecule has 1 fully saturated rings. The first-order chi connectivity index (χ1) is 18.6. The minimum Gasteiger partial charge on any atom is -0.394 e. The lowest BCUT2D eigenvalue weighted by atomic mass is 10.1. The second kappa shape index (κ2) is 10.8.